The highest BCUT2D eigenvalue weighted by molar-refractivity contribution is 5.91. The van der Waals surface area contributed by atoms with Crippen LogP contribution in [-0.4, -0.2) is 27.4 Å². The standard InChI is InChI=1S/C20H25N5O2/c1-4-27-13-16-7-5-15(6-8-16)10-22-20(26)24-18-9-17-11-23-25(14(2)3)19(17)21-12-18/h5-9,11-12,14H,4,10,13H2,1-3H3,(H2,22,24,26). The second-order valence-electron chi connectivity index (χ2n) is 6.58. The van der Waals surface area contributed by atoms with Gasteiger partial charge in [-0.05, 0) is 38.0 Å². The number of rotatable bonds is 7. The lowest BCUT2D eigenvalue weighted by atomic mass is 10.1. The number of aromatic nitrogens is 3. The molecule has 0 saturated heterocycles. The Balaban J connectivity index is 1.55. The third-order valence-corrected chi connectivity index (χ3v) is 4.13. The highest BCUT2D eigenvalue weighted by Crippen LogP contribution is 2.19. The quantitative estimate of drug-likeness (QED) is 0.664. The average Bonchev–Trinajstić information content (AvgIpc) is 3.09. The normalized spacial score (nSPS) is 11.1. The first-order valence-corrected chi connectivity index (χ1v) is 9.10. The first-order chi connectivity index (χ1) is 13.1. The summed E-state index contributed by atoms with van der Waals surface area (Å²) in [6.45, 7) is 7.83. The Morgan fingerprint density at radius 1 is 1.19 bits per heavy atom. The number of carbonyl (C=O) groups is 1. The summed E-state index contributed by atoms with van der Waals surface area (Å²) in [6.07, 6.45) is 3.40. The Morgan fingerprint density at radius 3 is 2.63 bits per heavy atom. The molecule has 0 aliphatic heterocycles. The van der Waals surface area contributed by atoms with Gasteiger partial charge in [-0.2, -0.15) is 5.10 Å². The number of nitrogens with one attached hydrogen (secondary N) is 2. The molecule has 1 aromatic carbocycles. The Labute approximate surface area is 158 Å². The van der Waals surface area contributed by atoms with E-state index in [9.17, 15) is 4.79 Å². The summed E-state index contributed by atoms with van der Waals surface area (Å²) in [5, 5.41) is 10.9. The predicted octanol–water partition coefficient (Wildman–Crippen LogP) is 3.87. The van der Waals surface area contributed by atoms with Crippen LogP contribution in [0.1, 0.15) is 37.9 Å². The summed E-state index contributed by atoms with van der Waals surface area (Å²) in [7, 11) is 0. The molecule has 0 aliphatic carbocycles. The zero-order chi connectivity index (χ0) is 19.2. The van der Waals surface area contributed by atoms with Gasteiger partial charge in [0.05, 0.1) is 24.7 Å². The van der Waals surface area contributed by atoms with E-state index < -0.39 is 0 Å². The molecule has 0 bridgehead atoms. The topological polar surface area (TPSA) is 81.1 Å². The molecule has 0 fully saturated rings. The number of fused-ring (bicyclic) bond motifs is 1. The predicted molar refractivity (Wildman–Crippen MR) is 106 cm³/mol. The molecule has 27 heavy (non-hydrogen) atoms. The van der Waals surface area contributed by atoms with Gasteiger partial charge in [0.1, 0.15) is 0 Å². The van der Waals surface area contributed by atoms with Gasteiger partial charge < -0.3 is 15.4 Å². The van der Waals surface area contributed by atoms with E-state index in [1.54, 1.807) is 12.4 Å². The van der Waals surface area contributed by atoms with E-state index in [0.717, 1.165) is 22.2 Å². The lowest BCUT2D eigenvalue weighted by molar-refractivity contribution is 0.134. The van der Waals surface area contributed by atoms with Crippen LogP contribution in [0.4, 0.5) is 10.5 Å². The van der Waals surface area contributed by atoms with Crippen LogP contribution < -0.4 is 10.6 Å². The number of nitrogens with zero attached hydrogens (tertiary/aromatic N) is 3. The monoisotopic (exact) mass is 367 g/mol. The van der Waals surface area contributed by atoms with Crippen LogP contribution in [0.25, 0.3) is 11.0 Å². The van der Waals surface area contributed by atoms with Gasteiger partial charge in [0.25, 0.3) is 0 Å². The zero-order valence-corrected chi connectivity index (χ0v) is 15.9. The Kier molecular flexibility index (Phi) is 6.03. The summed E-state index contributed by atoms with van der Waals surface area (Å²) in [5.74, 6) is 0. The number of hydrogen-bond donors (Lipinski definition) is 2. The van der Waals surface area contributed by atoms with Crippen molar-refractivity contribution in [2.75, 3.05) is 11.9 Å². The maximum atomic E-state index is 12.2. The van der Waals surface area contributed by atoms with E-state index in [4.69, 9.17) is 4.74 Å². The Hall–Kier alpha value is -2.93. The fraction of sp³-hybridized carbons (Fsp3) is 0.350. The first-order valence-electron chi connectivity index (χ1n) is 9.10. The zero-order valence-electron chi connectivity index (χ0n) is 15.9. The van der Waals surface area contributed by atoms with Crippen molar-refractivity contribution >= 4 is 22.8 Å². The van der Waals surface area contributed by atoms with Crippen LogP contribution in [0, 0.1) is 0 Å². The van der Waals surface area contributed by atoms with Gasteiger partial charge in [-0.1, -0.05) is 24.3 Å². The first kappa shape index (κ1) is 18.8. The molecule has 0 unspecified atom stereocenters. The maximum Gasteiger partial charge on any atom is 0.319 e. The van der Waals surface area contributed by atoms with Crippen LogP contribution in [0.3, 0.4) is 0 Å². The lowest BCUT2D eigenvalue weighted by Crippen LogP contribution is -2.28. The van der Waals surface area contributed by atoms with E-state index >= 15 is 0 Å². The fourth-order valence-electron chi connectivity index (χ4n) is 2.72. The van der Waals surface area contributed by atoms with Crippen molar-refractivity contribution in [3.8, 4) is 0 Å². The van der Waals surface area contributed by atoms with E-state index in [1.165, 1.54) is 0 Å². The molecule has 0 radical (unpaired) electrons. The minimum atomic E-state index is -0.272. The van der Waals surface area contributed by atoms with Crippen LogP contribution in [0.2, 0.25) is 0 Å². The molecule has 2 amide bonds. The van der Waals surface area contributed by atoms with Crippen molar-refractivity contribution in [1.82, 2.24) is 20.1 Å². The molecule has 2 N–H and O–H groups in total. The number of urea groups is 1. The molecule has 7 nitrogen and oxygen atoms in total. The number of ether oxygens (including phenoxy) is 1. The van der Waals surface area contributed by atoms with Gasteiger partial charge in [0.2, 0.25) is 0 Å². The van der Waals surface area contributed by atoms with Gasteiger partial charge in [-0.25, -0.2) is 14.5 Å². The molecule has 3 aromatic rings. The minimum Gasteiger partial charge on any atom is -0.377 e. The second-order valence-corrected chi connectivity index (χ2v) is 6.58. The van der Waals surface area contributed by atoms with Gasteiger partial charge in [-0.15, -0.1) is 0 Å². The molecule has 142 valence electrons. The van der Waals surface area contributed by atoms with Crippen molar-refractivity contribution in [2.24, 2.45) is 0 Å². The molecule has 2 heterocycles. The Bertz CT molecular complexity index is 902. The number of anilines is 1. The number of pyridine rings is 1. The lowest BCUT2D eigenvalue weighted by Gasteiger charge is -2.09. The van der Waals surface area contributed by atoms with Crippen molar-refractivity contribution < 1.29 is 9.53 Å². The minimum absolute atomic E-state index is 0.233. The van der Waals surface area contributed by atoms with Crippen molar-refractivity contribution in [3.63, 3.8) is 0 Å². The average molecular weight is 367 g/mol. The smallest absolute Gasteiger partial charge is 0.319 e. The van der Waals surface area contributed by atoms with Crippen molar-refractivity contribution in [3.05, 3.63) is 53.9 Å². The van der Waals surface area contributed by atoms with Crippen LogP contribution in [-0.2, 0) is 17.9 Å². The molecule has 0 saturated carbocycles. The van der Waals surface area contributed by atoms with E-state index in [1.807, 2.05) is 41.9 Å². The van der Waals surface area contributed by atoms with Gasteiger partial charge in [-0.3, -0.25) is 0 Å². The number of benzene rings is 1. The SMILES string of the molecule is CCOCc1ccc(CNC(=O)Nc2cnc3c(cnn3C(C)C)c2)cc1. The van der Waals surface area contributed by atoms with Gasteiger partial charge >= 0.3 is 6.03 Å². The molecule has 0 atom stereocenters. The number of hydrogen-bond acceptors (Lipinski definition) is 4. The Morgan fingerprint density at radius 2 is 1.93 bits per heavy atom. The molecule has 7 heteroatoms. The summed E-state index contributed by atoms with van der Waals surface area (Å²) >= 11 is 0. The van der Waals surface area contributed by atoms with E-state index in [2.05, 4.69) is 34.6 Å². The largest absolute Gasteiger partial charge is 0.377 e. The third kappa shape index (κ3) is 4.83. The van der Waals surface area contributed by atoms with Crippen LogP contribution >= 0.6 is 0 Å². The maximum absolute atomic E-state index is 12.2. The van der Waals surface area contributed by atoms with Gasteiger partial charge in [0.15, 0.2) is 5.65 Å². The summed E-state index contributed by atoms with van der Waals surface area (Å²) in [4.78, 5) is 16.6. The molecule has 3 rings (SSSR count). The molecule has 0 aliphatic rings. The second kappa shape index (κ2) is 8.64. The molecular weight excluding hydrogens is 342 g/mol. The van der Waals surface area contributed by atoms with Gasteiger partial charge in [0, 0.05) is 24.6 Å². The summed E-state index contributed by atoms with van der Waals surface area (Å²) in [6, 6.07) is 9.83. The van der Waals surface area contributed by atoms with Crippen LogP contribution in [0.5, 0.6) is 0 Å². The third-order valence-electron chi connectivity index (χ3n) is 4.13. The molecular formula is C20H25N5O2. The highest BCUT2D eigenvalue weighted by Gasteiger charge is 2.09. The molecule has 0 spiro atoms. The number of amides is 2. The van der Waals surface area contributed by atoms with E-state index in [-0.39, 0.29) is 12.1 Å². The fourth-order valence-corrected chi connectivity index (χ4v) is 2.72. The van der Waals surface area contributed by atoms with Crippen LogP contribution in [0.15, 0.2) is 42.7 Å². The molecule has 2 aromatic heterocycles. The summed E-state index contributed by atoms with van der Waals surface area (Å²) < 4.78 is 7.23. The van der Waals surface area contributed by atoms with Crippen molar-refractivity contribution in [1.29, 1.82) is 0 Å². The summed E-state index contributed by atoms with van der Waals surface area (Å²) in [5.41, 5.74) is 3.59. The number of carbonyl (C=O) groups excluding carboxylic acids is 1. The van der Waals surface area contributed by atoms with Crippen molar-refractivity contribution in [2.45, 2.75) is 40.0 Å². The van der Waals surface area contributed by atoms with E-state index in [0.29, 0.717) is 25.4 Å². The highest BCUT2D eigenvalue weighted by atomic mass is 16.5.